The molecule has 2 rings (SSSR count). The van der Waals surface area contributed by atoms with Crippen molar-refractivity contribution in [1.82, 2.24) is 4.31 Å². The third-order valence-corrected chi connectivity index (χ3v) is 5.21. The average Bonchev–Trinajstić information content (AvgIpc) is 2.82. The zero-order chi connectivity index (χ0) is 10.3. The number of carbonyl (C=O) groups is 1. The Morgan fingerprint density at radius 3 is 2.43 bits per heavy atom. The van der Waals surface area contributed by atoms with E-state index in [1.54, 1.807) is 0 Å². The number of hydrogen-bond acceptors (Lipinski definition) is 3. The molecule has 2 aliphatic rings. The van der Waals surface area contributed by atoms with Crippen LogP contribution in [-0.2, 0) is 14.8 Å². The van der Waals surface area contributed by atoms with E-state index >= 15 is 0 Å². The lowest BCUT2D eigenvalue weighted by atomic mass is 10.2. The predicted octanol–water partition coefficient (Wildman–Crippen LogP) is -0.572. The molecule has 5 nitrogen and oxygen atoms in total. The van der Waals surface area contributed by atoms with Crippen LogP contribution in [0.2, 0.25) is 0 Å². The molecular formula is C8H14N2O3S. The van der Waals surface area contributed by atoms with E-state index in [9.17, 15) is 13.2 Å². The summed E-state index contributed by atoms with van der Waals surface area (Å²) >= 11 is 0. The molecule has 1 aliphatic heterocycles. The first kappa shape index (κ1) is 9.92. The molecule has 6 heteroatoms. The van der Waals surface area contributed by atoms with Crippen LogP contribution in [-0.4, -0.2) is 36.5 Å². The first-order valence-corrected chi connectivity index (χ1v) is 6.34. The lowest BCUT2D eigenvalue weighted by Crippen LogP contribution is -2.44. The summed E-state index contributed by atoms with van der Waals surface area (Å²) in [6, 6.07) is -0.597. The SMILES string of the molecule is NC(=O)[C@@H]1CCCN1S(=O)(=O)C1CC1. The second-order valence-corrected chi connectivity index (χ2v) is 6.08. The van der Waals surface area contributed by atoms with Crippen molar-refractivity contribution in [3.8, 4) is 0 Å². The van der Waals surface area contributed by atoms with Crippen molar-refractivity contribution < 1.29 is 13.2 Å². The highest BCUT2D eigenvalue weighted by Gasteiger charge is 2.45. The largest absolute Gasteiger partial charge is 0.368 e. The summed E-state index contributed by atoms with van der Waals surface area (Å²) in [7, 11) is -3.23. The third-order valence-electron chi connectivity index (χ3n) is 2.80. The van der Waals surface area contributed by atoms with Gasteiger partial charge in [0.25, 0.3) is 0 Å². The van der Waals surface area contributed by atoms with Crippen LogP contribution in [0.4, 0.5) is 0 Å². The van der Waals surface area contributed by atoms with Gasteiger partial charge in [0.1, 0.15) is 6.04 Å². The minimum atomic E-state index is -3.23. The van der Waals surface area contributed by atoms with E-state index in [0.29, 0.717) is 13.0 Å². The van der Waals surface area contributed by atoms with Gasteiger partial charge in [0.2, 0.25) is 15.9 Å². The average molecular weight is 218 g/mol. The maximum atomic E-state index is 11.8. The third kappa shape index (κ3) is 1.52. The summed E-state index contributed by atoms with van der Waals surface area (Å²) in [4.78, 5) is 11.0. The molecule has 0 aromatic heterocycles. The molecule has 1 heterocycles. The number of carbonyl (C=O) groups excluding carboxylic acids is 1. The molecular weight excluding hydrogens is 204 g/mol. The van der Waals surface area contributed by atoms with E-state index in [4.69, 9.17) is 5.73 Å². The Kier molecular flexibility index (Phi) is 2.27. The predicted molar refractivity (Wildman–Crippen MR) is 50.9 cm³/mol. The first-order valence-electron chi connectivity index (χ1n) is 4.83. The summed E-state index contributed by atoms with van der Waals surface area (Å²) in [5.74, 6) is -0.522. The molecule has 1 saturated heterocycles. The molecule has 2 fully saturated rings. The van der Waals surface area contributed by atoms with Gasteiger partial charge in [-0.25, -0.2) is 8.42 Å². The Hall–Kier alpha value is -0.620. The van der Waals surface area contributed by atoms with Gasteiger partial charge in [0.05, 0.1) is 5.25 Å². The van der Waals surface area contributed by atoms with E-state index in [1.165, 1.54) is 4.31 Å². The monoisotopic (exact) mass is 218 g/mol. The molecule has 1 atom stereocenters. The fraction of sp³-hybridized carbons (Fsp3) is 0.875. The highest BCUT2D eigenvalue weighted by molar-refractivity contribution is 7.90. The zero-order valence-corrected chi connectivity index (χ0v) is 8.66. The van der Waals surface area contributed by atoms with E-state index in [-0.39, 0.29) is 5.25 Å². The zero-order valence-electron chi connectivity index (χ0n) is 7.85. The summed E-state index contributed by atoms with van der Waals surface area (Å²) in [6.07, 6.45) is 2.76. The van der Waals surface area contributed by atoms with E-state index in [2.05, 4.69) is 0 Å². The number of nitrogens with two attached hydrogens (primary N) is 1. The van der Waals surface area contributed by atoms with Crippen molar-refractivity contribution in [1.29, 1.82) is 0 Å². The van der Waals surface area contributed by atoms with Crippen molar-refractivity contribution in [3.05, 3.63) is 0 Å². The number of nitrogens with zero attached hydrogens (tertiary/aromatic N) is 1. The fourth-order valence-corrected chi connectivity index (χ4v) is 3.95. The molecule has 0 aromatic carbocycles. The van der Waals surface area contributed by atoms with Crippen molar-refractivity contribution in [3.63, 3.8) is 0 Å². The Labute approximate surface area is 83.3 Å². The number of sulfonamides is 1. The number of amides is 1. The van der Waals surface area contributed by atoms with Gasteiger partial charge >= 0.3 is 0 Å². The van der Waals surface area contributed by atoms with Gasteiger partial charge in [-0.3, -0.25) is 4.79 Å². The molecule has 1 aliphatic carbocycles. The molecule has 14 heavy (non-hydrogen) atoms. The van der Waals surface area contributed by atoms with Gasteiger partial charge in [-0.1, -0.05) is 0 Å². The Morgan fingerprint density at radius 2 is 1.93 bits per heavy atom. The van der Waals surface area contributed by atoms with Crippen LogP contribution in [0.5, 0.6) is 0 Å². The summed E-state index contributed by atoms with van der Waals surface area (Å²) in [5.41, 5.74) is 5.16. The lowest BCUT2D eigenvalue weighted by Gasteiger charge is -2.21. The second kappa shape index (κ2) is 3.20. The molecule has 1 saturated carbocycles. The van der Waals surface area contributed by atoms with Crippen LogP contribution in [0.15, 0.2) is 0 Å². The number of hydrogen-bond donors (Lipinski definition) is 1. The molecule has 0 aromatic rings. The van der Waals surface area contributed by atoms with Crippen molar-refractivity contribution in [2.24, 2.45) is 5.73 Å². The van der Waals surface area contributed by atoms with E-state index < -0.39 is 22.0 Å². The quantitative estimate of drug-likeness (QED) is 0.688. The van der Waals surface area contributed by atoms with E-state index in [0.717, 1.165) is 19.3 Å². The smallest absolute Gasteiger partial charge is 0.235 e. The van der Waals surface area contributed by atoms with Gasteiger partial charge in [-0.05, 0) is 25.7 Å². The summed E-state index contributed by atoms with van der Waals surface area (Å²) < 4.78 is 25.0. The molecule has 0 bridgehead atoms. The fourth-order valence-electron chi connectivity index (χ4n) is 1.89. The topological polar surface area (TPSA) is 80.5 Å². The molecule has 2 N–H and O–H groups in total. The van der Waals surface area contributed by atoms with Crippen molar-refractivity contribution in [2.45, 2.75) is 37.0 Å². The Morgan fingerprint density at radius 1 is 1.29 bits per heavy atom. The summed E-state index contributed by atoms with van der Waals surface area (Å²) in [5, 5.41) is -0.248. The molecule has 0 unspecified atom stereocenters. The molecule has 1 amide bonds. The Bertz CT molecular complexity index is 348. The van der Waals surface area contributed by atoms with Crippen LogP contribution in [0.3, 0.4) is 0 Å². The van der Waals surface area contributed by atoms with Crippen LogP contribution in [0.25, 0.3) is 0 Å². The van der Waals surface area contributed by atoms with Gasteiger partial charge in [-0.15, -0.1) is 0 Å². The van der Waals surface area contributed by atoms with Crippen LogP contribution < -0.4 is 5.73 Å². The maximum absolute atomic E-state index is 11.8. The van der Waals surface area contributed by atoms with Crippen molar-refractivity contribution >= 4 is 15.9 Å². The maximum Gasteiger partial charge on any atom is 0.235 e. The lowest BCUT2D eigenvalue weighted by molar-refractivity contribution is -0.121. The van der Waals surface area contributed by atoms with Gasteiger partial charge in [0.15, 0.2) is 0 Å². The minimum absolute atomic E-state index is 0.248. The highest BCUT2D eigenvalue weighted by atomic mass is 32.2. The van der Waals surface area contributed by atoms with Gasteiger partial charge in [0, 0.05) is 6.54 Å². The van der Waals surface area contributed by atoms with Crippen LogP contribution >= 0.6 is 0 Å². The minimum Gasteiger partial charge on any atom is -0.368 e. The van der Waals surface area contributed by atoms with E-state index in [1.807, 2.05) is 0 Å². The number of rotatable bonds is 3. The molecule has 0 radical (unpaired) electrons. The standard InChI is InChI=1S/C8H14N2O3S/c9-8(11)7-2-1-5-10(7)14(12,13)6-3-4-6/h6-7H,1-5H2,(H2,9,11)/t7-/m0/s1. The van der Waals surface area contributed by atoms with Crippen LogP contribution in [0, 0.1) is 0 Å². The van der Waals surface area contributed by atoms with Gasteiger partial charge in [-0.2, -0.15) is 4.31 Å². The van der Waals surface area contributed by atoms with Gasteiger partial charge < -0.3 is 5.73 Å². The molecule has 80 valence electrons. The van der Waals surface area contributed by atoms with Crippen molar-refractivity contribution in [2.75, 3.05) is 6.54 Å². The highest BCUT2D eigenvalue weighted by Crippen LogP contribution is 2.34. The molecule has 0 spiro atoms. The van der Waals surface area contributed by atoms with Crippen LogP contribution in [0.1, 0.15) is 25.7 Å². The number of primary amides is 1. The normalized spacial score (nSPS) is 29.3. The Balaban J connectivity index is 2.20. The summed E-state index contributed by atoms with van der Waals surface area (Å²) in [6.45, 7) is 0.451. The second-order valence-electron chi connectivity index (χ2n) is 3.92. The first-order chi connectivity index (χ1) is 6.53.